The Kier molecular flexibility index (Phi) is 3.71. The van der Waals surface area contributed by atoms with Gasteiger partial charge in [0.15, 0.2) is 11.9 Å². The van der Waals surface area contributed by atoms with Crippen molar-refractivity contribution >= 4 is 17.5 Å². The van der Waals surface area contributed by atoms with E-state index in [1.165, 1.54) is 0 Å². The summed E-state index contributed by atoms with van der Waals surface area (Å²) in [5.41, 5.74) is 6.38. The highest BCUT2D eigenvalue weighted by Crippen LogP contribution is 2.33. The molecule has 0 aliphatic carbocycles. The van der Waals surface area contributed by atoms with Crippen LogP contribution in [0.15, 0.2) is 18.2 Å². The first-order chi connectivity index (χ1) is 9.02. The number of hydrogen-bond acceptors (Lipinski definition) is 4. The van der Waals surface area contributed by atoms with Gasteiger partial charge in [0.25, 0.3) is 11.8 Å². The summed E-state index contributed by atoms with van der Waals surface area (Å²) in [7, 11) is 0. The molecule has 0 aromatic heterocycles. The number of nitrogens with two attached hydrogens (primary N) is 1. The smallest absolute Gasteiger partial charge is 0.265 e. The van der Waals surface area contributed by atoms with Crippen LogP contribution in [0.1, 0.15) is 24.2 Å². The summed E-state index contributed by atoms with van der Waals surface area (Å²) in [6, 6.07) is 4.92. The fourth-order valence-corrected chi connectivity index (χ4v) is 1.77. The van der Waals surface area contributed by atoms with Crippen molar-refractivity contribution in [2.45, 2.75) is 26.0 Å². The molecule has 0 saturated heterocycles. The van der Waals surface area contributed by atoms with Crippen molar-refractivity contribution in [3.05, 3.63) is 23.8 Å². The van der Waals surface area contributed by atoms with E-state index in [2.05, 4.69) is 10.6 Å². The lowest BCUT2D eigenvalue weighted by atomic mass is 10.1. The number of anilines is 1. The Morgan fingerprint density at radius 2 is 2.32 bits per heavy atom. The summed E-state index contributed by atoms with van der Waals surface area (Å²) in [5.74, 6) is -0.0881. The van der Waals surface area contributed by atoms with Gasteiger partial charge in [-0.2, -0.15) is 0 Å². The molecule has 6 heteroatoms. The molecule has 2 rings (SSSR count). The third kappa shape index (κ3) is 2.68. The quantitative estimate of drug-likeness (QED) is 0.739. The Bertz CT molecular complexity index is 516. The lowest BCUT2D eigenvalue weighted by Gasteiger charge is -2.25. The molecule has 6 nitrogen and oxygen atoms in total. The van der Waals surface area contributed by atoms with Crippen LogP contribution in [0.5, 0.6) is 5.75 Å². The first-order valence-electron chi connectivity index (χ1n) is 6.14. The molecular formula is C13H17N3O3. The summed E-state index contributed by atoms with van der Waals surface area (Å²) in [6.45, 7) is 3.81. The standard InChI is InChI=1S/C13H17N3O3/c1-7(6-14)15-13(18)9-4-3-5-10-11(9)19-8(2)12(17)16-10/h3-5,7-8H,6,14H2,1-2H3,(H,15,18)(H,16,17)/t7-,8?/m0/s1. The molecule has 4 N–H and O–H groups in total. The number of ether oxygens (including phenoxy) is 1. The van der Waals surface area contributed by atoms with E-state index in [1.807, 2.05) is 6.92 Å². The second-order valence-electron chi connectivity index (χ2n) is 4.54. The first-order valence-corrected chi connectivity index (χ1v) is 6.14. The van der Waals surface area contributed by atoms with E-state index in [9.17, 15) is 9.59 Å². The molecule has 2 atom stereocenters. The maximum Gasteiger partial charge on any atom is 0.265 e. The number of benzene rings is 1. The van der Waals surface area contributed by atoms with E-state index < -0.39 is 6.10 Å². The van der Waals surface area contributed by atoms with Crippen molar-refractivity contribution < 1.29 is 14.3 Å². The number of carbonyl (C=O) groups excluding carboxylic acids is 2. The molecule has 102 valence electrons. The van der Waals surface area contributed by atoms with Gasteiger partial charge in [0.1, 0.15) is 0 Å². The van der Waals surface area contributed by atoms with Gasteiger partial charge in [-0.3, -0.25) is 9.59 Å². The molecule has 0 spiro atoms. The van der Waals surface area contributed by atoms with Crippen molar-refractivity contribution in [3.8, 4) is 5.75 Å². The number of nitrogens with one attached hydrogen (secondary N) is 2. The Morgan fingerprint density at radius 3 is 3.00 bits per heavy atom. The number of amides is 2. The largest absolute Gasteiger partial charge is 0.478 e. The third-order valence-electron chi connectivity index (χ3n) is 2.91. The lowest BCUT2D eigenvalue weighted by molar-refractivity contribution is -0.122. The van der Waals surface area contributed by atoms with Gasteiger partial charge in [0.2, 0.25) is 0 Å². The summed E-state index contributed by atoms with van der Waals surface area (Å²) in [4.78, 5) is 23.6. The topological polar surface area (TPSA) is 93.4 Å². The Hall–Kier alpha value is -2.08. The molecule has 1 aliphatic heterocycles. The van der Waals surface area contributed by atoms with Gasteiger partial charge in [-0.25, -0.2) is 0 Å². The van der Waals surface area contributed by atoms with Crippen molar-refractivity contribution in [3.63, 3.8) is 0 Å². The van der Waals surface area contributed by atoms with Crippen LogP contribution in [0.2, 0.25) is 0 Å². The second kappa shape index (κ2) is 5.27. The van der Waals surface area contributed by atoms with E-state index in [-0.39, 0.29) is 17.9 Å². The van der Waals surface area contributed by atoms with Crippen molar-refractivity contribution in [1.82, 2.24) is 5.32 Å². The summed E-state index contributed by atoms with van der Waals surface area (Å²) in [5, 5.41) is 5.47. The van der Waals surface area contributed by atoms with E-state index >= 15 is 0 Å². The van der Waals surface area contributed by atoms with Gasteiger partial charge in [0.05, 0.1) is 11.3 Å². The van der Waals surface area contributed by atoms with Gasteiger partial charge < -0.3 is 21.1 Å². The maximum absolute atomic E-state index is 12.1. The fraction of sp³-hybridized carbons (Fsp3) is 0.385. The molecule has 0 bridgehead atoms. The van der Waals surface area contributed by atoms with Gasteiger partial charge in [0, 0.05) is 12.6 Å². The molecule has 1 aliphatic rings. The van der Waals surface area contributed by atoms with Crippen LogP contribution in [-0.2, 0) is 4.79 Å². The van der Waals surface area contributed by atoms with Crippen molar-refractivity contribution in [2.24, 2.45) is 5.73 Å². The molecule has 0 fully saturated rings. The number of hydrogen-bond donors (Lipinski definition) is 3. The molecule has 0 saturated carbocycles. The first kappa shape index (κ1) is 13.4. The molecule has 1 aromatic carbocycles. The highest BCUT2D eigenvalue weighted by Gasteiger charge is 2.27. The highest BCUT2D eigenvalue weighted by atomic mass is 16.5. The average Bonchev–Trinajstić information content (AvgIpc) is 2.39. The number of carbonyl (C=O) groups is 2. The van der Waals surface area contributed by atoms with Crippen LogP contribution in [-0.4, -0.2) is 30.5 Å². The minimum atomic E-state index is -0.617. The Morgan fingerprint density at radius 1 is 1.58 bits per heavy atom. The Labute approximate surface area is 111 Å². The van der Waals surface area contributed by atoms with Crippen LogP contribution in [0.4, 0.5) is 5.69 Å². The van der Waals surface area contributed by atoms with Crippen LogP contribution < -0.4 is 21.1 Å². The van der Waals surface area contributed by atoms with Gasteiger partial charge in [-0.15, -0.1) is 0 Å². The van der Waals surface area contributed by atoms with Crippen molar-refractivity contribution in [1.29, 1.82) is 0 Å². The lowest BCUT2D eigenvalue weighted by Crippen LogP contribution is -2.39. The summed E-state index contributed by atoms with van der Waals surface area (Å²) < 4.78 is 5.51. The molecule has 19 heavy (non-hydrogen) atoms. The molecular weight excluding hydrogens is 246 g/mol. The average molecular weight is 263 g/mol. The molecule has 1 heterocycles. The maximum atomic E-state index is 12.1. The van der Waals surface area contributed by atoms with E-state index in [0.717, 1.165) is 0 Å². The van der Waals surface area contributed by atoms with E-state index in [4.69, 9.17) is 10.5 Å². The minimum absolute atomic E-state index is 0.126. The van der Waals surface area contributed by atoms with Crippen LogP contribution in [0.3, 0.4) is 0 Å². The Balaban J connectivity index is 2.30. The zero-order valence-electron chi connectivity index (χ0n) is 10.9. The van der Waals surface area contributed by atoms with Crippen LogP contribution >= 0.6 is 0 Å². The highest BCUT2D eigenvalue weighted by molar-refractivity contribution is 6.04. The number of fused-ring (bicyclic) bond motifs is 1. The SMILES string of the molecule is CC1Oc2c(cccc2C(=O)N[C@@H](C)CN)NC1=O. The van der Waals surface area contributed by atoms with Crippen LogP contribution in [0, 0.1) is 0 Å². The predicted molar refractivity (Wildman–Crippen MR) is 71.1 cm³/mol. The van der Waals surface area contributed by atoms with E-state index in [0.29, 0.717) is 23.5 Å². The minimum Gasteiger partial charge on any atom is -0.478 e. The predicted octanol–water partition coefficient (Wildman–Crippen LogP) is 0.483. The van der Waals surface area contributed by atoms with Gasteiger partial charge >= 0.3 is 0 Å². The van der Waals surface area contributed by atoms with Gasteiger partial charge in [-0.1, -0.05) is 6.07 Å². The number of para-hydroxylation sites is 1. The molecule has 1 aromatic rings. The van der Waals surface area contributed by atoms with Crippen molar-refractivity contribution in [2.75, 3.05) is 11.9 Å². The van der Waals surface area contributed by atoms with E-state index in [1.54, 1.807) is 25.1 Å². The third-order valence-corrected chi connectivity index (χ3v) is 2.91. The summed E-state index contributed by atoms with van der Waals surface area (Å²) in [6.07, 6.45) is -0.617. The van der Waals surface area contributed by atoms with Crippen LogP contribution in [0.25, 0.3) is 0 Å². The molecule has 0 radical (unpaired) electrons. The monoisotopic (exact) mass is 263 g/mol. The second-order valence-corrected chi connectivity index (χ2v) is 4.54. The van der Waals surface area contributed by atoms with Gasteiger partial charge in [-0.05, 0) is 26.0 Å². The zero-order chi connectivity index (χ0) is 14.0. The molecule has 2 amide bonds. The zero-order valence-corrected chi connectivity index (χ0v) is 10.9. The molecule has 1 unspecified atom stereocenters. The fourth-order valence-electron chi connectivity index (χ4n) is 1.77. The normalized spacial score (nSPS) is 18.9. The number of rotatable bonds is 3. The summed E-state index contributed by atoms with van der Waals surface area (Å²) >= 11 is 0.